The average Bonchev–Trinajstić information content (AvgIpc) is 3.51. The Kier molecular flexibility index (Phi) is 8.23. The van der Waals surface area contributed by atoms with Crippen LogP contribution in [0.15, 0.2) is 48.7 Å². The Bertz CT molecular complexity index is 1010. The van der Waals surface area contributed by atoms with Crippen LogP contribution in [0.1, 0.15) is 29.9 Å². The summed E-state index contributed by atoms with van der Waals surface area (Å²) in [6.45, 7) is 2.68. The molecule has 2 heterocycles. The van der Waals surface area contributed by atoms with Gasteiger partial charge in [0.2, 0.25) is 0 Å². The average molecular weight is 455 g/mol. The monoisotopic (exact) mass is 454 g/mol. The highest BCUT2D eigenvalue weighted by atomic mass is 16.5. The Morgan fingerprint density at radius 2 is 1.97 bits per heavy atom. The number of aliphatic hydroxyl groups is 1. The Hall–Kier alpha value is -2.58. The summed E-state index contributed by atoms with van der Waals surface area (Å²) < 4.78 is 22.5. The first-order valence-corrected chi connectivity index (χ1v) is 11.6. The first-order chi connectivity index (χ1) is 16.2. The van der Waals surface area contributed by atoms with Crippen molar-refractivity contribution in [1.29, 1.82) is 0 Å². The normalized spacial score (nSPS) is 17.8. The quantitative estimate of drug-likeness (QED) is 0.389. The second-order valence-corrected chi connectivity index (χ2v) is 8.41. The highest BCUT2D eigenvalue weighted by molar-refractivity contribution is 5.84. The topological polar surface area (TPSA) is 85.0 Å². The third kappa shape index (κ3) is 5.68. The van der Waals surface area contributed by atoms with Crippen LogP contribution in [-0.4, -0.2) is 69.4 Å². The lowest BCUT2D eigenvalue weighted by molar-refractivity contribution is -0.0164. The third-order valence-electron chi connectivity index (χ3n) is 6.17. The van der Waals surface area contributed by atoms with Crippen molar-refractivity contribution in [1.82, 2.24) is 10.3 Å². The van der Waals surface area contributed by atoms with Crippen LogP contribution < -0.4 is 14.8 Å². The smallest absolute Gasteiger partial charge is 0.164 e. The molecule has 178 valence electrons. The second kappa shape index (κ2) is 11.5. The van der Waals surface area contributed by atoms with Crippen LogP contribution in [0.4, 0.5) is 0 Å². The van der Waals surface area contributed by atoms with E-state index in [1.807, 2.05) is 24.3 Å². The fourth-order valence-corrected chi connectivity index (χ4v) is 4.52. The number of para-hydroxylation sites is 2. The van der Waals surface area contributed by atoms with Crippen molar-refractivity contribution in [3.63, 3.8) is 0 Å². The van der Waals surface area contributed by atoms with Crippen molar-refractivity contribution >= 4 is 10.9 Å². The Balaban J connectivity index is 1.47. The van der Waals surface area contributed by atoms with Crippen LogP contribution in [0, 0.1) is 0 Å². The van der Waals surface area contributed by atoms with Crippen LogP contribution in [0.25, 0.3) is 10.9 Å². The minimum absolute atomic E-state index is 0.00814. The van der Waals surface area contributed by atoms with Gasteiger partial charge >= 0.3 is 0 Å². The maximum Gasteiger partial charge on any atom is 0.164 e. The molecule has 3 atom stereocenters. The van der Waals surface area contributed by atoms with Crippen LogP contribution >= 0.6 is 0 Å². The van der Waals surface area contributed by atoms with Gasteiger partial charge in [0, 0.05) is 48.3 Å². The van der Waals surface area contributed by atoms with Gasteiger partial charge in [-0.2, -0.15) is 0 Å². The Morgan fingerprint density at radius 3 is 2.76 bits per heavy atom. The zero-order chi connectivity index (χ0) is 23.0. The predicted octanol–water partition coefficient (Wildman–Crippen LogP) is 3.46. The SMILES string of the molecule is COc1cccc([C@H](CNC[C@@H](O)COC[C@H]2CCCO2)c2c[nH]c3ccccc23)c1OC. The standard InChI is InChI=1S/C26H34N2O5/c1-30-25-11-5-9-21(26(25)31-2)22(23-15-28-24-10-4-3-8-20(23)24)14-27-13-18(29)16-32-17-19-7-6-12-33-19/h3-5,8-11,15,18-19,22,27-29H,6-7,12-14,16-17H2,1-2H3/t18-,19-,22+/m1/s1. The number of aliphatic hydroxyl groups excluding tert-OH is 1. The number of nitrogens with one attached hydrogen (secondary N) is 2. The lowest BCUT2D eigenvalue weighted by Crippen LogP contribution is -2.34. The molecular weight excluding hydrogens is 420 g/mol. The first kappa shape index (κ1) is 23.6. The summed E-state index contributed by atoms with van der Waals surface area (Å²) in [7, 11) is 3.31. The number of fused-ring (bicyclic) bond motifs is 1. The number of rotatable bonds is 12. The molecule has 2 aromatic carbocycles. The molecule has 0 bridgehead atoms. The number of benzene rings is 2. The molecule has 7 heteroatoms. The fraction of sp³-hybridized carbons (Fsp3) is 0.462. The molecule has 1 aromatic heterocycles. The van der Waals surface area contributed by atoms with E-state index in [2.05, 4.69) is 34.7 Å². The van der Waals surface area contributed by atoms with Crippen LogP contribution in [0.5, 0.6) is 11.5 Å². The number of H-pyrrole nitrogens is 1. The maximum absolute atomic E-state index is 10.4. The maximum atomic E-state index is 10.4. The van der Waals surface area contributed by atoms with Crippen molar-refractivity contribution in [3.8, 4) is 11.5 Å². The molecule has 1 saturated heterocycles. The van der Waals surface area contributed by atoms with Gasteiger partial charge in [-0.15, -0.1) is 0 Å². The Labute approximate surface area is 195 Å². The predicted molar refractivity (Wildman–Crippen MR) is 128 cm³/mol. The van der Waals surface area contributed by atoms with E-state index in [0.717, 1.165) is 47.2 Å². The molecule has 3 aromatic rings. The molecule has 0 spiro atoms. The molecule has 1 aliphatic rings. The summed E-state index contributed by atoms with van der Waals surface area (Å²) >= 11 is 0. The van der Waals surface area contributed by atoms with E-state index in [9.17, 15) is 5.11 Å². The molecule has 7 nitrogen and oxygen atoms in total. The number of ether oxygens (including phenoxy) is 4. The van der Waals surface area contributed by atoms with Gasteiger partial charge in [0.25, 0.3) is 0 Å². The molecule has 1 fully saturated rings. The van der Waals surface area contributed by atoms with E-state index < -0.39 is 6.10 Å². The van der Waals surface area contributed by atoms with Gasteiger partial charge in [0.1, 0.15) is 0 Å². The minimum Gasteiger partial charge on any atom is -0.493 e. The summed E-state index contributed by atoms with van der Waals surface area (Å²) in [6.07, 6.45) is 3.74. The number of aromatic nitrogens is 1. The number of aromatic amines is 1. The zero-order valence-corrected chi connectivity index (χ0v) is 19.4. The molecule has 4 rings (SSSR count). The molecule has 33 heavy (non-hydrogen) atoms. The van der Waals surface area contributed by atoms with Crippen molar-refractivity contribution < 1.29 is 24.1 Å². The summed E-state index contributed by atoms with van der Waals surface area (Å²) in [5.74, 6) is 1.41. The van der Waals surface area contributed by atoms with E-state index in [1.54, 1.807) is 14.2 Å². The largest absolute Gasteiger partial charge is 0.493 e. The lowest BCUT2D eigenvalue weighted by atomic mass is 9.89. The van der Waals surface area contributed by atoms with E-state index in [0.29, 0.717) is 25.4 Å². The van der Waals surface area contributed by atoms with Gasteiger partial charge in [-0.05, 0) is 30.5 Å². The molecule has 0 radical (unpaired) electrons. The number of hydrogen-bond acceptors (Lipinski definition) is 6. The van der Waals surface area contributed by atoms with Crippen molar-refractivity contribution in [3.05, 3.63) is 59.8 Å². The van der Waals surface area contributed by atoms with Gasteiger partial charge < -0.3 is 34.4 Å². The van der Waals surface area contributed by atoms with Crippen LogP contribution in [0.2, 0.25) is 0 Å². The summed E-state index contributed by atoms with van der Waals surface area (Å²) in [5.41, 5.74) is 3.27. The molecule has 0 saturated carbocycles. The van der Waals surface area contributed by atoms with Gasteiger partial charge in [-0.1, -0.05) is 30.3 Å². The molecular formula is C26H34N2O5. The lowest BCUT2D eigenvalue weighted by Gasteiger charge is -2.23. The van der Waals surface area contributed by atoms with Crippen molar-refractivity contribution in [2.45, 2.75) is 31.0 Å². The third-order valence-corrected chi connectivity index (χ3v) is 6.17. The fourth-order valence-electron chi connectivity index (χ4n) is 4.52. The van der Waals surface area contributed by atoms with Gasteiger partial charge in [-0.25, -0.2) is 0 Å². The van der Waals surface area contributed by atoms with E-state index in [4.69, 9.17) is 18.9 Å². The van der Waals surface area contributed by atoms with E-state index >= 15 is 0 Å². The number of hydrogen-bond donors (Lipinski definition) is 3. The molecule has 1 aliphatic heterocycles. The number of methoxy groups -OCH3 is 2. The van der Waals surface area contributed by atoms with Crippen LogP contribution in [0.3, 0.4) is 0 Å². The summed E-state index contributed by atoms with van der Waals surface area (Å²) in [5, 5.41) is 15.0. The van der Waals surface area contributed by atoms with Gasteiger partial charge in [-0.3, -0.25) is 0 Å². The van der Waals surface area contributed by atoms with Crippen molar-refractivity contribution in [2.75, 3.05) is 47.1 Å². The molecule has 0 amide bonds. The van der Waals surface area contributed by atoms with Crippen molar-refractivity contribution in [2.24, 2.45) is 0 Å². The first-order valence-electron chi connectivity index (χ1n) is 11.6. The van der Waals surface area contributed by atoms with E-state index in [-0.39, 0.29) is 18.6 Å². The molecule has 3 N–H and O–H groups in total. The van der Waals surface area contributed by atoms with Crippen LogP contribution in [-0.2, 0) is 9.47 Å². The Morgan fingerprint density at radius 1 is 1.09 bits per heavy atom. The van der Waals surface area contributed by atoms with Gasteiger partial charge in [0.15, 0.2) is 11.5 Å². The second-order valence-electron chi connectivity index (χ2n) is 8.41. The highest BCUT2D eigenvalue weighted by Gasteiger charge is 2.24. The van der Waals surface area contributed by atoms with Gasteiger partial charge in [0.05, 0.1) is 39.6 Å². The summed E-state index contributed by atoms with van der Waals surface area (Å²) in [6, 6.07) is 14.2. The van der Waals surface area contributed by atoms with E-state index in [1.165, 1.54) is 0 Å². The zero-order valence-electron chi connectivity index (χ0n) is 19.4. The molecule has 0 aliphatic carbocycles. The minimum atomic E-state index is -0.595. The summed E-state index contributed by atoms with van der Waals surface area (Å²) in [4.78, 5) is 3.38. The highest BCUT2D eigenvalue weighted by Crippen LogP contribution is 2.40. The molecule has 0 unspecified atom stereocenters.